The summed E-state index contributed by atoms with van der Waals surface area (Å²) in [5.41, 5.74) is 0.815. The van der Waals surface area contributed by atoms with Crippen molar-refractivity contribution in [2.24, 2.45) is 5.73 Å². The second-order valence-corrected chi connectivity index (χ2v) is 8.07. The molecule has 3 aromatic rings. The number of halogens is 6. The zero-order valence-electron chi connectivity index (χ0n) is 17.0. The first kappa shape index (κ1) is 25.5. The largest absolute Gasteiger partial charge is 0.419 e. The van der Waals surface area contributed by atoms with Gasteiger partial charge in [0.15, 0.2) is 5.60 Å². The molecule has 0 saturated heterocycles. The molecular formula is C21H16Cl2F4N4O3. The topological polar surface area (TPSA) is 110 Å². The molecule has 3 rings (SSSR count). The quantitative estimate of drug-likeness (QED) is 0.414. The Labute approximate surface area is 200 Å². The van der Waals surface area contributed by atoms with Gasteiger partial charge in [0.2, 0.25) is 0 Å². The van der Waals surface area contributed by atoms with Crippen LogP contribution in [0.2, 0.25) is 10.0 Å². The molecule has 0 aliphatic heterocycles. The number of hydrogen-bond donors (Lipinski definition) is 3. The average molecular weight is 519 g/mol. The molecule has 1 unspecified atom stereocenters. The maximum Gasteiger partial charge on any atom is 0.419 e. The number of primary amides is 1. The Hall–Kier alpha value is -3.15. The molecule has 0 fully saturated rings. The fourth-order valence-electron chi connectivity index (χ4n) is 3.04. The number of carbonyl (C=O) groups excluding carboxylic acids is 2. The molecule has 0 aliphatic carbocycles. The number of amides is 2. The first-order chi connectivity index (χ1) is 15.8. The molecule has 2 aromatic carbocycles. The predicted molar refractivity (Wildman–Crippen MR) is 116 cm³/mol. The number of nitrogens with one attached hydrogen (secondary N) is 1. The van der Waals surface area contributed by atoms with E-state index in [0.29, 0.717) is 0 Å². The second-order valence-electron chi connectivity index (χ2n) is 7.26. The van der Waals surface area contributed by atoms with E-state index < -0.39 is 53.6 Å². The highest BCUT2D eigenvalue weighted by molar-refractivity contribution is 6.39. The molecule has 1 aromatic heterocycles. The van der Waals surface area contributed by atoms with Crippen LogP contribution in [0.4, 0.5) is 17.6 Å². The molecule has 1 heterocycles. The van der Waals surface area contributed by atoms with E-state index in [4.69, 9.17) is 28.9 Å². The third-order valence-corrected chi connectivity index (χ3v) is 5.50. The van der Waals surface area contributed by atoms with E-state index in [1.807, 2.05) is 5.32 Å². The Bertz CT molecular complexity index is 1210. The number of carbonyl (C=O) groups is 2. The van der Waals surface area contributed by atoms with Crippen molar-refractivity contribution in [3.05, 3.63) is 81.3 Å². The minimum atomic E-state index is -5.25. The van der Waals surface area contributed by atoms with Crippen molar-refractivity contribution in [3.63, 3.8) is 0 Å². The molecule has 0 aliphatic rings. The number of nitrogens with two attached hydrogens (primary N) is 1. The lowest BCUT2D eigenvalue weighted by Crippen LogP contribution is -2.55. The van der Waals surface area contributed by atoms with Crippen molar-refractivity contribution in [2.45, 2.75) is 18.2 Å². The van der Waals surface area contributed by atoms with E-state index in [2.05, 4.69) is 5.10 Å². The van der Waals surface area contributed by atoms with Gasteiger partial charge in [-0.15, -0.1) is 0 Å². The van der Waals surface area contributed by atoms with Crippen molar-refractivity contribution in [2.75, 3.05) is 6.54 Å². The SMILES string of the molecule is NC(=O)c1cn(-c2ccc(F)cc2)nc1CC(O)(CNC(=O)c1c(Cl)cccc1Cl)C(F)(F)F. The van der Waals surface area contributed by atoms with Crippen LogP contribution in [-0.2, 0) is 6.42 Å². The lowest BCUT2D eigenvalue weighted by Gasteiger charge is -2.30. The predicted octanol–water partition coefficient (Wildman–Crippen LogP) is 3.68. The van der Waals surface area contributed by atoms with Crippen LogP contribution in [0.3, 0.4) is 0 Å². The summed E-state index contributed by atoms with van der Waals surface area (Å²) in [6, 6.07) is 8.81. The minimum absolute atomic E-state index is 0.102. The van der Waals surface area contributed by atoms with Gasteiger partial charge in [-0.2, -0.15) is 18.3 Å². The van der Waals surface area contributed by atoms with E-state index >= 15 is 0 Å². The molecular weight excluding hydrogens is 503 g/mol. The summed E-state index contributed by atoms with van der Waals surface area (Å²) in [7, 11) is 0. The van der Waals surface area contributed by atoms with E-state index in [-0.39, 0.29) is 21.3 Å². The second kappa shape index (κ2) is 9.61. The number of rotatable bonds is 7. The van der Waals surface area contributed by atoms with E-state index in [1.54, 1.807) is 0 Å². The molecule has 0 radical (unpaired) electrons. The maximum absolute atomic E-state index is 13.9. The fourth-order valence-corrected chi connectivity index (χ4v) is 3.61. The molecule has 13 heteroatoms. The van der Waals surface area contributed by atoms with Crippen LogP contribution in [0.5, 0.6) is 0 Å². The third-order valence-electron chi connectivity index (χ3n) is 4.87. The summed E-state index contributed by atoms with van der Waals surface area (Å²) < 4.78 is 55.8. The summed E-state index contributed by atoms with van der Waals surface area (Å²) in [6.45, 7) is -1.31. The summed E-state index contributed by atoms with van der Waals surface area (Å²) in [5.74, 6) is -2.71. The maximum atomic E-state index is 13.9. The monoisotopic (exact) mass is 518 g/mol. The lowest BCUT2D eigenvalue weighted by atomic mass is 9.94. The smallest absolute Gasteiger partial charge is 0.379 e. The van der Waals surface area contributed by atoms with Crippen molar-refractivity contribution < 1.29 is 32.3 Å². The summed E-state index contributed by atoms with van der Waals surface area (Å²) in [4.78, 5) is 24.3. The third kappa shape index (κ3) is 5.32. The summed E-state index contributed by atoms with van der Waals surface area (Å²) >= 11 is 11.8. The molecule has 34 heavy (non-hydrogen) atoms. The van der Waals surface area contributed by atoms with Gasteiger partial charge in [-0.1, -0.05) is 29.3 Å². The van der Waals surface area contributed by atoms with Gasteiger partial charge in [-0.25, -0.2) is 9.07 Å². The number of aromatic nitrogens is 2. The Morgan fingerprint density at radius 1 is 1.09 bits per heavy atom. The van der Waals surface area contributed by atoms with Crippen molar-refractivity contribution in [3.8, 4) is 5.69 Å². The van der Waals surface area contributed by atoms with Gasteiger partial charge in [0.25, 0.3) is 11.8 Å². The van der Waals surface area contributed by atoms with Gasteiger partial charge in [-0.05, 0) is 36.4 Å². The van der Waals surface area contributed by atoms with Gasteiger partial charge in [0.1, 0.15) is 5.82 Å². The lowest BCUT2D eigenvalue weighted by molar-refractivity contribution is -0.257. The van der Waals surface area contributed by atoms with Gasteiger partial charge in [0.05, 0.1) is 39.1 Å². The summed E-state index contributed by atoms with van der Waals surface area (Å²) in [5, 5.41) is 16.2. The Kier molecular flexibility index (Phi) is 7.20. The van der Waals surface area contributed by atoms with Crippen LogP contribution in [-0.4, -0.2) is 45.0 Å². The van der Waals surface area contributed by atoms with Gasteiger partial charge < -0.3 is 16.2 Å². The fraction of sp³-hybridized carbons (Fsp3) is 0.190. The molecule has 4 N–H and O–H groups in total. The highest BCUT2D eigenvalue weighted by Gasteiger charge is 2.54. The first-order valence-electron chi connectivity index (χ1n) is 9.48. The number of alkyl halides is 3. The van der Waals surface area contributed by atoms with Crippen LogP contribution >= 0.6 is 23.2 Å². The normalized spacial score (nSPS) is 13.4. The van der Waals surface area contributed by atoms with Crippen molar-refractivity contribution >= 4 is 35.0 Å². The van der Waals surface area contributed by atoms with Crippen LogP contribution in [0.25, 0.3) is 5.69 Å². The molecule has 0 spiro atoms. The molecule has 180 valence electrons. The standard InChI is InChI=1S/C21H16Cl2F4N4O3/c22-14-2-1-3-15(23)17(14)19(33)29-10-20(34,21(25,26)27)8-16-13(18(28)32)9-31(30-16)12-6-4-11(24)5-7-12/h1-7,9,34H,8,10H2,(H2,28,32)(H,29,33). The van der Waals surface area contributed by atoms with Crippen molar-refractivity contribution in [1.29, 1.82) is 0 Å². The Morgan fingerprint density at radius 2 is 1.68 bits per heavy atom. The molecule has 0 bridgehead atoms. The number of benzene rings is 2. The first-order valence-corrected chi connectivity index (χ1v) is 10.2. The Morgan fingerprint density at radius 3 is 2.21 bits per heavy atom. The zero-order chi connectivity index (χ0) is 25.3. The van der Waals surface area contributed by atoms with Crippen LogP contribution in [0.1, 0.15) is 26.4 Å². The highest BCUT2D eigenvalue weighted by Crippen LogP contribution is 2.34. The zero-order valence-corrected chi connectivity index (χ0v) is 18.5. The molecule has 0 saturated carbocycles. The van der Waals surface area contributed by atoms with Crippen LogP contribution < -0.4 is 11.1 Å². The average Bonchev–Trinajstić information content (AvgIpc) is 3.15. The van der Waals surface area contributed by atoms with Gasteiger partial charge in [-0.3, -0.25) is 9.59 Å². The Balaban J connectivity index is 1.92. The van der Waals surface area contributed by atoms with E-state index in [1.165, 1.54) is 30.3 Å². The van der Waals surface area contributed by atoms with Gasteiger partial charge >= 0.3 is 6.18 Å². The van der Waals surface area contributed by atoms with Crippen LogP contribution in [0.15, 0.2) is 48.7 Å². The van der Waals surface area contributed by atoms with Crippen molar-refractivity contribution in [1.82, 2.24) is 15.1 Å². The summed E-state index contributed by atoms with van der Waals surface area (Å²) in [6.07, 6.45) is -5.41. The van der Waals surface area contributed by atoms with E-state index in [9.17, 15) is 32.3 Å². The van der Waals surface area contributed by atoms with E-state index in [0.717, 1.165) is 23.0 Å². The number of hydrogen-bond acceptors (Lipinski definition) is 4. The molecule has 1 atom stereocenters. The highest BCUT2D eigenvalue weighted by atomic mass is 35.5. The molecule has 2 amide bonds. The number of nitrogens with zero attached hydrogens (tertiary/aromatic N) is 2. The minimum Gasteiger partial charge on any atom is -0.379 e. The molecule has 7 nitrogen and oxygen atoms in total. The van der Waals surface area contributed by atoms with Crippen LogP contribution in [0, 0.1) is 5.82 Å². The number of aliphatic hydroxyl groups is 1. The van der Waals surface area contributed by atoms with Gasteiger partial charge in [0, 0.05) is 12.6 Å².